The minimum atomic E-state index is -4.41. The van der Waals surface area contributed by atoms with E-state index in [2.05, 4.69) is 4.74 Å². The topological polar surface area (TPSA) is 26.3 Å². The van der Waals surface area contributed by atoms with Gasteiger partial charge < -0.3 is 4.74 Å². The van der Waals surface area contributed by atoms with Gasteiger partial charge in [-0.2, -0.15) is 24.9 Å². The first kappa shape index (κ1) is 14.9. The molecule has 1 rings (SSSR count). The fourth-order valence-corrected chi connectivity index (χ4v) is 2.20. The van der Waals surface area contributed by atoms with E-state index < -0.39 is 23.6 Å². The zero-order valence-corrected chi connectivity index (χ0v) is 10.8. The molecule has 0 aliphatic heterocycles. The molecule has 0 fully saturated rings. The van der Waals surface area contributed by atoms with Gasteiger partial charge in [-0.15, -0.1) is 0 Å². The summed E-state index contributed by atoms with van der Waals surface area (Å²) in [6.45, 7) is 0. The average Bonchev–Trinajstić information content (AvgIpc) is 2.34. The van der Waals surface area contributed by atoms with Gasteiger partial charge in [-0.05, 0) is 17.9 Å². The van der Waals surface area contributed by atoms with Crippen molar-refractivity contribution < 1.29 is 22.7 Å². The van der Waals surface area contributed by atoms with E-state index >= 15 is 0 Å². The van der Waals surface area contributed by atoms with E-state index in [1.54, 1.807) is 6.26 Å². The van der Waals surface area contributed by atoms with Crippen LogP contribution in [0.4, 0.5) is 13.2 Å². The molecule has 0 bridgehead atoms. The summed E-state index contributed by atoms with van der Waals surface area (Å²) in [5.41, 5.74) is -0.430. The Morgan fingerprint density at radius 2 is 2.11 bits per heavy atom. The van der Waals surface area contributed by atoms with Crippen LogP contribution in [0.15, 0.2) is 24.3 Å². The van der Waals surface area contributed by atoms with Crippen molar-refractivity contribution in [2.75, 3.05) is 19.1 Å². The quantitative estimate of drug-likeness (QED) is 0.790. The standard InChI is InChI=1S/C12H13F3O2S/c1-17-11(16)10(7-18-2)8-4-3-5-9(6-8)12(13,14)15/h3-6,10H,7H2,1-2H3. The van der Waals surface area contributed by atoms with Crippen LogP contribution in [0.1, 0.15) is 17.0 Å². The third-order valence-corrected chi connectivity index (χ3v) is 3.10. The number of esters is 1. The number of hydrogen-bond donors (Lipinski definition) is 0. The smallest absolute Gasteiger partial charge is 0.416 e. The molecular weight excluding hydrogens is 265 g/mol. The molecule has 100 valence electrons. The maximum atomic E-state index is 12.6. The van der Waals surface area contributed by atoms with E-state index in [9.17, 15) is 18.0 Å². The van der Waals surface area contributed by atoms with Gasteiger partial charge in [-0.25, -0.2) is 0 Å². The van der Waals surface area contributed by atoms with Crippen molar-refractivity contribution in [1.29, 1.82) is 0 Å². The molecule has 1 aromatic rings. The van der Waals surface area contributed by atoms with Gasteiger partial charge in [0.15, 0.2) is 0 Å². The van der Waals surface area contributed by atoms with Crippen molar-refractivity contribution >= 4 is 17.7 Å². The Morgan fingerprint density at radius 1 is 1.44 bits per heavy atom. The maximum absolute atomic E-state index is 12.6. The Hall–Kier alpha value is -1.17. The van der Waals surface area contributed by atoms with Crippen LogP contribution in [0, 0.1) is 0 Å². The predicted octanol–water partition coefficient (Wildman–Crippen LogP) is 3.33. The summed E-state index contributed by atoms with van der Waals surface area (Å²) in [5.74, 6) is -0.815. The van der Waals surface area contributed by atoms with Gasteiger partial charge in [-0.1, -0.05) is 18.2 Å². The monoisotopic (exact) mass is 278 g/mol. The summed E-state index contributed by atoms with van der Waals surface area (Å²) in [5, 5.41) is 0. The van der Waals surface area contributed by atoms with Gasteiger partial charge in [0.25, 0.3) is 0 Å². The van der Waals surface area contributed by atoms with Crippen LogP contribution in [0.25, 0.3) is 0 Å². The molecule has 0 amide bonds. The number of rotatable bonds is 4. The lowest BCUT2D eigenvalue weighted by Gasteiger charge is -2.15. The average molecular weight is 278 g/mol. The molecule has 0 aromatic heterocycles. The summed E-state index contributed by atoms with van der Waals surface area (Å²) in [7, 11) is 1.23. The molecule has 0 radical (unpaired) electrons. The number of halogens is 3. The van der Waals surface area contributed by atoms with Crippen molar-refractivity contribution in [3.8, 4) is 0 Å². The molecule has 0 spiro atoms. The lowest BCUT2D eigenvalue weighted by atomic mass is 9.99. The number of methoxy groups -OCH3 is 1. The highest BCUT2D eigenvalue weighted by Crippen LogP contribution is 2.32. The molecule has 0 aliphatic carbocycles. The molecule has 1 unspecified atom stereocenters. The molecular formula is C12H13F3O2S. The van der Waals surface area contributed by atoms with Crippen molar-refractivity contribution in [2.45, 2.75) is 12.1 Å². The Labute approximate surface area is 108 Å². The zero-order chi connectivity index (χ0) is 13.8. The van der Waals surface area contributed by atoms with E-state index in [-0.39, 0.29) is 0 Å². The number of benzene rings is 1. The van der Waals surface area contributed by atoms with Crippen molar-refractivity contribution in [2.24, 2.45) is 0 Å². The van der Waals surface area contributed by atoms with Crippen LogP contribution < -0.4 is 0 Å². The fraction of sp³-hybridized carbons (Fsp3) is 0.417. The highest BCUT2D eigenvalue weighted by Gasteiger charge is 2.31. The first-order valence-corrected chi connectivity index (χ1v) is 6.53. The van der Waals surface area contributed by atoms with Crippen molar-refractivity contribution in [1.82, 2.24) is 0 Å². The van der Waals surface area contributed by atoms with Gasteiger partial charge in [0, 0.05) is 5.75 Å². The first-order valence-electron chi connectivity index (χ1n) is 5.14. The molecule has 1 atom stereocenters. The summed E-state index contributed by atoms with van der Waals surface area (Å²) >= 11 is 1.38. The molecule has 0 saturated heterocycles. The molecule has 0 aliphatic rings. The molecule has 18 heavy (non-hydrogen) atoms. The summed E-state index contributed by atoms with van der Waals surface area (Å²) in [6, 6.07) is 4.79. The van der Waals surface area contributed by atoms with Gasteiger partial charge in [0.1, 0.15) is 0 Å². The maximum Gasteiger partial charge on any atom is 0.416 e. The number of carbonyl (C=O) groups excluding carboxylic acids is 1. The van der Waals surface area contributed by atoms with Gasteiger partial charge in [-0.3, -0.25) is 4.79 Å². The van der Waals surface area contributed by atoms with Crippen LogP contribution >= 0.6 is 11.8 Å². The molecule has 1 aromatic carbocycles. The van der Waals surface area contributed by atoms with Crippen LogP contribution in [0.2, 0.25) is 0 Å². The third kappa shape index (κ3) is 3.66. The van der Waals surface area contributed by atoms with E-state index in [0.29, 0.717) is 11.3 Å². The third-order valence-electron chi connectivity index (χ3n) is 2.44. The Bertz CT molecular complexity index is 418. The zero-order valence-electron chi connectivity index (χ0n) is 9.95. The van der Waals surface area contributed by atoms with Gasteiger partial charge >= 0.3 is 12.1 Å². The van der Waals surface area contributed by atoms with Gasteiger partial charge in [0.05, 0.1) is 18.6 Å². The highest BCUT2D eigenvalue weighted by atomic mass is 32.2. The van der Waals surface area contributed by atoms with Crippen molar-refractivity contribution in [3.05, 3.63) is 35.4 Å². The Morgan fingerprint density at radius 3 is 2.61 bits per heavy atom. The van der Waals surface area contributed by atoms with E-state index in [1.807, 2.05) is 0 Å². The molecule has 6 heteroatoms. The van der Waals surface area contributed by atoms with Gasteiger partial charge in [0.2, 0.25) is 0 Å². The number of carbonyl (C=O) groups is 1. The van der Waals surface area contributed by atoms with E-state index in [4.69, 9.17) is 0 Å². The van der Waals surface area contributed by atoms with Crippen LogP contribution in [0.3, 0.4) is 0 Å². The lowest BCUT2D eigenvalue weighted by Crippen LogP contribution is -2.17. The highest BCUT2D eigenvalue weighted by molar-refractivity contribution is 7.98. The molecule has 0 heterocycles. The largest absolute Gasteiger partial charge is 0.469 e. The van der Waals surface area contributed by atoms with E-state index in [0.717, 1.165) is 12.1 Å². The van der Waals surface area contributed by atoms with Crippen LogP contribution in [-0.4, -0.2) is 25.1 Å². The summed E-state index contributed by atoms with van der Waals surface area (Å²) in [4.78, 5) is 11.5. The number of ether oxygens (including phenoxy) is 1. The van der Waals surface area contributed by atoms with Crippen molar-refractivity contribution in [3.63, 3.8) is 0 Å². The second-order valence-corrected chi connectivity index (χ2v) is 4.56. The number of alkyl halides is 3. The second kappa shape index (κ2) is 6.13. The fourth-order valence-electron chi connectivity index (χ4n) is 1.54. The number of thioether (sulfide) groups is 1. The van der Waals surface area contributed by atoms with Crippen LogP contribution in [0.5, 0.6) is 0 Å². The first-order chi connectivity index (χ1) is 8.40. The van der Waals surface area contributed by atoms with Crippen LogP contribution in [-0.2, 0) is 15.7 Å². The lowest BCUT2D eigenvalue weighted by molar-refractivity contribution is -0.142. The molecule has 0 N–H and O–H groups in total. The predicted molar refractivity (Wildman–Crippen MR) is 64.6 cm³/mol. The van der Waals surface area contributed by atoms with E-state index in [1.165, 1.54) is 31.0 Å². The molecule has 0 saturated carbocycles. The molecule has 2 nitrogen and oxygen atoms in total. The number of hydrogen-bond acceptors (Lipinski definition) is 3. The Kier molecular flexibility index (Phi) is 5.07. The summed E-state index contributed by atoms with van der Waals surface area (Å²) < 4.78 is 42.3. The minimum absolute atomic E-state index is 0.325. The second-order valence-electron chi connectivity index (χ2n) is 3.65. The SMILES string of the molecule is COC(=O)C(CSC)c1cccc(C(F)(F)F)c1. The summed E-state index contributed by atoms with van der Waals surface area (Å²) in [6.07, 6.45) is -2.63. The minimum Gasteiger partial charge on any atom is -0.469 e. The Balaban J connectivity index is 3.09. The normalized spacial score (nSPS) is 13.2.